The largest absolute Gasteiger partial charge is 0.322 e. The molecule has 17 heavy (non-hydrogen) atoms. The number of guanidine groups is 1. The third-order valence-corrected chi connectivity index (χ3v) is 2.89. The molecule has 2 rings (SSSR count). The Morgan fingerprint density at radius 3 is 3.06 bits per heavy atom. The summed E-state index contributed by atoms with van der Waals surface area (Å²) in [6.07, 6.45) is 5.38. The first-order chi connectivity index (χ1) is 8.26. The smallest absolute Gasteiger partial charge is 0.221 e. The monoisotopic (exact) mass is 230 g/mol. The summed E-state index contributed by atoms with van der Waals surface area (Å²) in [5.41, 5.74) is 0.832. The minimum absolute atomic E-state index is 0.184. The number of anilines is 1. The molecule has 1 aliphatic carbocycles. The second kappa shape index (κ2) is 4.78. The molecule has 1 heterocycles. The highest BCUT2D eigenvalue weighted by molar-refractivity contribution is 5.96. The average Bonchev–Trinajstić information content (AvgIpc) is 2.73. The summed E-state index contributed by atoms with van der Waals surface area (Å²) in [6, 6.07) is 2.60. The van der Waals surface area contributed by atoms with Crippen LogP contribution in [-0.2, 0) is 0 Å². The first-order valence-electron chi connectivity index (χ1n) is 5.41. The number of aromatic nitrogens is 2. The normalized spacial score (nSPS) is 23.6. The fraction of sp³-hybridized carbons (Fsp3) is 0.455. The molecule has 0 aliphatic heterocycles. The maximum absolute atomic E-state index is 8.71. The molecular weight excluding hydrogens is 216 g/mol. The van der Waals surface area contributed by atoms with Crippen LogP contribution in [0.4, 0.5) is 5.69 Å². The van der Waals surface area contributed by atoms with Gasteiger partial charge in [0.15, 0.2) is 0 Å². The Morgan fingerprint density at radius 2 is 2.47 bits per heavy atom. The summed E-state index contributed by atoms with van der Waals surface area (Å²) < 4.78 is 1.88. The van der Waals surface area contributed by atoms with Gasteiger partial charge in [0.25, 0.3) is 0 Å². The van der Waals surface area contributed by atoms with E-state index in [9.17, 15) is 0 Å². The van der Waals surface area contributed by atoms with E-state index in [1.54, 1.807) is 13.2 Å². The lowest BCUT2D eigenvalue weighted by Crippen LogP contribution is -2.25. The third-order valence-electron chi connectivity index (χ3n) is 2.89. The molecule has 6 nitrogen and oxygen atoms in total. The Kier molecular flexibility index (Phi) is 3.19. The lowest BCUT2D eigenvalue weighted by molar-refractivity contribution is 0.230. The first kappa shape index (κ1) is 11.3. The van der Waals surface area contributed by atoms with E-state index in [-0.39, 0.29) is 5.92 Å². The van der Waals surface area contributed by atoms with Crippen LogP contribution in [-0.4, -0.2) is 29.5 Å². The van der Waals surface area contributed by atoms with Crippen LogP contribution in [0.1, 0.15) is 18.9 Å². The zero-order chi connectivity index (χ0) is 12.3. The van der Waals surface area contributed by atoms with Gasteiger partial charge in [0.05, 0.1) is 29.9 Å². The second-order valence-electron chi connectivity index (χ2n) is 3.99. The Balaban J connectivity index is 1.98. The van der Waals surface area contributed by atoms with Crippen LogP contribution in [0.5, 0.6) is 0 Å². The van der Waals surface area contributed by atoms with Crippen molar-refractivity contribution in [3.8, 4) is 6.07 Å². The summed E-state index contributed by atoms with van der Waals surface area (Å²) in [5, 5.41) is 16.0. The van der Waals surface area contributed by atoms with Crippen LogP contribution in [0.3, 0.4) is 0 Å². The van der Waals surface area contributed by atoms with Crippen molar-refractivity contribution in [3.63, 3.8) is 0 Å². The Morgan fingerprint density at radius 1 is 1.71 bits per heavy atom. The van der Waals surface area contributed by atoms with Crippen molar-refractivity contribution < 1.29 is 0 Å². The van der Waals surface area contributed by atoms with Gasteiger partial charge in [-0.2, -0.15) is 10.4 Å². The zero-order valence-corrected chi connectivity index (χ0v) is 9.67. The fourth-order valence-corrected chi connectivity index (χ4v) is 1.81. The van der Waals surface area contributed by atoms with Gasteiger partial charge in [-0.1, -0.05) is 0 Å². The van der Waals surface area contributed by atoms with Gasteiger partial charge in [-0.3, -0.25) is 9.67 Å². The number of nitrogens with one attached hydrogen (secondary N) is 1. The van der Waals surface area contributed by atoms with Crippen LogP contribution in [0.15, 0.2) is 22.4 Å². The highest BCUT2D eigenvalue weighted by Crippen LogP contribution is 2.36. The molecule has 0 radical (unpaired) electrons. The van der Waals surface area contributed by atoms with Gasteiger partial charge in [-0.25, -0.2) is 4.99 Å². The van der Waals surface area contributed by atoms with Crippen molar-refractivity contribution in [2.45, 2.75) is 18.9 Å². The number of hydrogen-bond acceptors (Lipinski definition) is 3. The first-order valence-corrected chi connectivity index (χ1v) is 5.41. The van der Waals surface area contributed by atoms with E-state index in [1.807, 2.05) is 10.9 Å². The molecule has 1 aliphatic rings. The van der Waals surface area contributed by atoms with Crippen molar-refractivity contribution in [1.29, 1.82) is 5.26 Å². The molecule has 1 fully saturated rings. The predicted molar refractivity (Wildman–Crippen MR) is 66.1 cm³/mol. The summed E-state index contributed by atoms with van der Waals surface area (Å²) in [5.74, 6) is 0.649. The Hall–Kier alpha value is -2.16. The molecule has 1 aromatic heterocycles. The highest BCUT2D eigenvalue weighted by atomic mass is 15.3. The van der Waals surface area contributed by atoms with Crippen molar-refractivity contribution in [2.24, 2.45) is 15.9 Å². The molecule has 0 bridgehead atoms. The Bertz CT molecular complexity index is 474. The third kappa shape index (κ3) is 2.33. The van der Waals surface area contributed by atoms with Gasteiger partial charge in [0.2, 0.25) is 5.96 Å². The van der Waals surface area contributed by atoms with Crippen LogP contribution in [0.2, 0.25) is 0 Å². The molecule has 1 N–H and O–H groups in total. The highest BCUT2D eigenvalue weighted by Gasteiger charge is 2.30. The number of hydrogen-bond donors (Lipinski definition) is 1. The Labute approximate surface area is 99.7 Å². The number of aliphatic imine (C=N–C) groups is 2. The predicted octanol–water partition coefficient (Wildman–Crippen LogP) is 1.46. The SMILES string of the molecule is C=NC(=NC)Nc1cnn(C2CC(C#N)C2)c1. The van der Waals surface area contributed by atoms with E-state index in [2.05, 4.69) is 33.2 Å². The van der Waals surface area contributed by atoms with Crippen molar-refractivity contribution >= 4 is 18.4 Å². The average molecular weight is 230 g/mol. The molecule has 0 spiro atoms. The van der Waals surface area contributed by atoms with Crippen molar-refractivity contribution in [3.05, 3.63) is 12.4 Å². The zero-order valence-electron chi connectivity index (χ0n) is 9.67. The molecule has 0 unspecified atom stereocenters. The molecule has 1 saturated carbocycles. The molecule has 0 aromatic carbocycles. The number of rotatable bonds is 2. The maximum atomic E-state index is 8.71. The van der Waals surface area contributed by atoms with E-state index in [0.717, 1.165) is 18.5 Å². The summed E-state index contributed by atoms with van der Waals surface area (Å²) in [6.45, 7) is 3.41. The van der Waals surface area contributed by atoms with Gasteiger partial charge in [0, 0.05) is 13.2 Å². The molecule has 6 heteroatoms. The van der Waals surface area contributed by atoms with Gasteiger partial charge < -0.3 is 5.32 Å². The molecule has 1 aromatic rings. The lowest BCUT2D eigenvalue weighted by Gasteiger charge is -2.30. The van der Waals surface area contributed by atoms with Gasteiger partial charge in [-0.05, 0) is 19.6 Å². The molecular formula is C11H14N6. The van der Waals surface area contributed by atoms with Crippen molar-refractivity contribution in [2.75, 3.05) is 12.4 Å². The van der Waals surface area contributed by atoms with E-state index in [4.69, 9.17) is 5.26 Å². The molecule has 0 saturated heterocycles. The van der Waals surface area contributed by atoms with Gasteiger partial charge >= 0.3 is 0 Å². The van der Waals surface area contributed by atoms with E-state index < -0.39 is 0 Å². The quantitative estimate of drug-likeness (QED) is 0.617. The topological polar surface area (TPSA) is 78.4 Å². The lowest BCUT2D eigenvalue weighted by atomic mass is 9.81. The molecule has 0 atom stereocenters. The van der Waals surface area contributed by atoms with E-state index in [0.29, 0.717) is 12.0 Å². The minimum Gasteiger partial charge on any atom is -0.322 e. The summed E-state index contributed by atoms with van der Waals surface area (Å²) in [7, 11) is 1.64. The number of nitrogens with zero attached hydrogens (tertiary/aromatic N) is 5. The summed E-state index contributed by atoms with van der Waals surface area (Å²) in [4.78, 5) is 7.64. The molecule has 88 valence electrons. The van der Waals surface area contributed by atoms with Gasteiger partial charge in [-0.15, -0.1) is 0 Å². The van der Waals surface area contributed by atoms with Crippen LogP contribution < -0.4 is 5.32 Å². The van der Waals surface area contributed by atoms with Gasteiger partial charge in [0.1, 0.15) is 0 Å². The van der Waals surface area contributed by atoms with Crippen LogP contribution in [0, 0.1) is 17.2 Å². The van der Waals surface area contributed by atoms with Crippen molar-refractivity contribution in [1.82, 2.24) is 9.78 Å². The number of nitriles is 1. The summed E-state index contributed by atoms with van der Waals surface area (Å²) >= 11 is 0. The molecule has 0 amide bonds. The minimum atomic E-state index is 0.184. The van der Waals surface area contributed by atoms with Crippen LogP contribution in [0.25, 0.3) is 0 Å². The van der Waals surface area contributed by atoms with E-state index in [1.165, 1.54) is 0 Å². The second-order valence-corrected chi connectivity index (χ2v) is 3.99. The standard InChI is InChI=1S/C11H14N6/c1-13-11(14-2)16-9-6-15-17(7-9)10-3-8(4-10)5-12/h6-8,10H,1,3-4H2,2H3,(H,14,16). The van der Waals surface area contributed by atoms with Crippen LogP contribution >= 0.6 is 0 Å². The van der Waals surface area contributed by atoms with E-state index >= 15 is 0 Å². The fourth-order valence-electron chi connectivity index (χ4n) is 1.81. The maximum Gasteiger partial charge on any atom is 0.221 e.